The van der Waals surface area contributed by atoms with Crippen LogP contribution in [0.25, 0.3) is 10.8 Å². The number of rotatable bonds is 15. The maximum Gasteiger partial charge on any atom is 0.296 e. The number of phenolic OH excluding ortho intramolecular Hbond substituents is 1. The molecule has 0 aliphatic rings. The van der Waals surface area contributed by atoms with E-state index in [9.17, 15) is 70.0 Å². The number of phenols is 1. The molecule has 0 radical (unpaired) electrons. The first-order valence-electron chi connectivity index (χ1n) is 18.6. The van der Waals surface area contributed by atoms with Crippen LogP contribution in [0.5, 0.6) is 5.75 Å². The van der Waals surface area contributed by atoms with Gasteiger partial charge in [0.05, 0.1) is 21.7 Å². The Morgan fingerprint density at radius 3 is 1.51 bits per heavy atom. The molecule has 2 heterocycles. The fraction of sp³-hybridized carbons (Fsp3) is 0. The molecule has 31 nitrogen and oxygen atoms in total. The number of thiol groups is 1. The standard InChI is InChI=1S/C34H25Cl2N15O16S6/c35-29-42-31(38)46-34(43-29)41-16-9-13(1-4-19(16)68)39-32-44-30(36)45-33(47-32)40-14-2-5-20(70(56,57)58)17(10-14)48-51-27-23(73(65,66)67)8-12-7-22(72(62,63)64)26(25(37)24(12)28(27)52)50-49-18-11-15(69(53,54)55)3-6-21(18)71(59,60)61/h1-11,52,68H,37H2,(H,53,54,55)(H,56,57,58)(H,59,60,61)(H,62,63,64)(H,65,66,67)(H3,38,41,42,43,46)(H2,39,40,44,45,47)/b50-49-,51-48?. The number of nitrogens with one attached hydrogen (secondary N) is 3. The second kappa shape index (κ2) is 19.7. The first kappa shape index (κ1) is 53.7. The Kier molecular flexibility index (Phi) is 14.5. The predicted octanol–water partition coefficient (Wildman–Crippen LogP) is 5.97. The van der Waals surface area contributed by atoms with Crippen LogP contribution in [0.3, 0.4) is 0 Å². The van der Waals surface area contributed by atoms with E-state index in [-0.39, 0.29) is 40.0 Å². The molecule has 0 spiro atoms. The lowest BCUT2D eigenvalue weighted by atomic mass is 10.1. The maximum absolute atomic E-state index is 12.7. The Labute approximate surface area is 424 Å². The number of aromatic hydroxyl groups is 1. The summed E-state index contributed by atoms with van der Waals surface area (Å²) >= 11 is 16.5. The van der Waals surface area contributed by atoms with Crippen LogP contribution >= 0.6 is 35.8 Å². The Morgan fingerprint density at radius 2 is 0.973 bits per heavy atom. The van der Waals surface area contributed by atoms with E-state index in [1.54, 1.807) is 12.1 Å². The quantitative estimate of drug-likeness (QED) is 0.0243. The number of fused-ring (bicyclic) bond motifs is 1. The van der Waals surface area contributed by atoms with Crippen molar-refractivity contribution < 1.29 is 70.0 Å². The highest BCUT2D eigenvalue weighted by Gasteiger charge is 2.29. The van der Waals surface area contributed by atoms with Gasteiger partial charge in [0, 0.05) is 16.3 Å². The van der Waals surface area contributed by atoms with Gasteiger partial charge in [0.15, 0.2) is 5.75 Å². The van der Waals surface area contributed by atoms with E-state index in [1.165, 1.54) is 6.07 Å². The first-order chi connectivity index (χ1) is 33.8. The molecule has 0 amide bonds. The molecule has 0 atom stereocenters. The van der Waals surface area contributed by atoms with E-state index < -0.39 is 120 Å². The molecule has 0 unspecified atom stereocenters. The van der Waals surface area contributed by atoms with Crippen LogP contribution in [0.1, 0.15) is 0 Å². The van der Waals surface area contributed by atoms with Gasteiger partial charge in [-0.05, 0) is 95.3 Å². The molecule has 382 valence electrons. The minimum atomic E-state index is -5.55. The van der Waals surface area contributed by atoms with Crippen molar-refractivity contribution in [1.29, 1.82) is 0 Å². The van der Waals surface area contributed by atoms with Crippen LogP contribution in [0.15, 0.2) is 117 Å². The van der Waals surface area contributed by atoms with Gasteiger partial charge in [-0.3, -0.25) is 22.8 Å². The third-order valence-corrected chi connectivity index (χ3v) is 14.2. The first-order valence-corrected chi connectivity index (χ1v) is 27.0. The molecular weight excluding hydrogens is 1140 g/mol. The average Bonchev–Trinajstić information content (AvgIpc) is 3.24. The summed E-state index contributed by atoms with van der Waals surface area (Å²) in [6.45, 7) is 0. The zero-order chi connectivity index (χ0) is 53.7. The zero-order valence-electron chi connectivity index (χ0n) is 35.0. The summed E-state index contributed by atoms with van der Waals surface area (Å²) in [5.41, 5.74) is 7.04. The van der Waals surface area contributed by atoms with Crippen molar-refractivity contribution in [3.8, 4) is 5.75 Å². The molecule has 7 rings (SSSR count). The number of hydrogen-bond donors (Lipinski definition) is 12. The third kappa shape index (κ3) is 12.4. The van der Waals surface area contributed by atoms with Crippen LogP contribution in [0.2, 0.25) is 10.6 Å². The van der Waals surface area contributed by atoms with Crippen LogP contribution in [-0.2, 0) is 50.6 Å². The molecule has 0 bridgehead atoms. The highest BCUT2D eigenvalue weighted by Crippen LogP contribution is 2.49. The van der Waals surface area contributed by atoms with Gasteiger partial charge in [-0.15, -0.1) is 33.1 Å². The molecule has 2 aromatic heterocycles. The van der Waals surface area contributed by atoms with Crippen molar-refractivity contribution in [3.63, 3.8) is 0 Å². The number of hydrogen-bond acceptors (Lipinski definition) is 27. The normalized spacial score (nSPS) is 12.7. The molecule has 0 aliphatic carbocycles. The lowest BCUT2D eigenvalue weighted by Gasteiger charge is -2.14. The van der Waals surface area contributed by atoms with E-state index in [2.05, 4.69) is 78.9 Å². The third-order valence-electron chi connectivity index (χ3n) is 9.12. The van der Waals surface area contributed by atoms with E-state index in [0.717, 1.165) is 18.2 Å². The highest BCUT2D eigenvalue weighted by molar-refractivity contribution is 7.87. The Hall–Kier alpha value is -7.14. The molecule has 0 saturated carbocycles. The van der Waals surface area contributed by atoms with Crippen molar-refractivity contribution in [2.45, 2.75) is 29.4 Å². The van der Waals surface area contributed by atoms with Crippen LogP contribution in [-0.4, -0.2) is 99.9 Å². The molecule has 0 saturated heterocycles. The van der Waals surface area contributed by atoms with Gasteiger partial charge in [-0.2, -0.15) is 72.0 Å². The summed E-state index contributed by atoms with van der Waals surface area (Å²) in [5, 5.41) is 32.1. The van der Waals surface area contributed by atoms with Gasteiger partial charge in [0.1, 0.15) is 42.3 Å². The number of benzene rings is 5. The van der Waals surface area contributed by atoms with E-state index in [0.29, 0.717) is 46.6 Å². The average molecular weight is 1160 g/mol. The lowest BCUT2D eigenvalue weighted by Crippen LogP contribution is -2.06. The number of nitrogen functional groups attached to an aromatic ring is 2. The molecule has 39 heteroatoms. The van der Waals surface area contributed by atoms with Gasteiger partial charge in [-0.25, -0.2) is 0 Å². The zero-order valence-corrected chi connectivity index (χ0v) is 41.5. The predicted molar refractivity (Wildman–Crippen MR) is 258 cm³/mol. The van der Waals surface area contributed by atoms with Gasteiger partial charge >= 0.3 is 0 Å². The van der Waals surface area contributed by atoms with Crippen molar-refractivity contribution in [3.05, 3.63) is 77.3 Å². The van der Waals surface area contributed by atoms with Gasteiger partial charge in [-0.1, -0.05) is 0 Å². The van der Waals surface area contributed by atoms with Crippen LogP contribution < -0.4 is 27.4 Å². The minimum Gasteiger partial charge on any atom is -0.505 e. The number of anilines is 8. The summed E-state index contributed by atoms with van der Waals surface area (Å²) in [6.07, 6.45) is 0. The number of azo groups is 2. The molecule has 13 N–H and O–H groups in total. The topological polar surface area (TPSA) is 507 Å². The highest BCUT2D eigenvalue weighted by atomic mass is 35.5. The SMILES string of the molecule is Nc1nc(Cl)nc(Nc2cc(Nc3nc(Cl)nc(Nc4ccc(S(=O)(=O)O)c(N=Nc5c(S(=O)(=O)O)cc6cc(S(=O)(=O)O)c(/N=N\c7cc(S(=O)(=O)O)ccc7S(=O)(=O)O)c(N)c6c5O)c4)n3)ccc2S)n1. The molecule has 0 aliphatic heterocycles. The summed E-state index contributed by atoms with van der Waals surface area (Å²) in [7, 11) is -26.6. The Bertz CT molecular complexity index is 4120. The molecule has 73 heavy (non-hydrogen) atoms. The monoisotopic (exact) mass is 1160 g/mol. The Morgan fingerprint density at radius 1 is 0.507 bits per heavy atom. The summed E-state index contributed by atoms with van der Waals surface area (Å²) in [6, 6.07) is 9.66. The fourth-order valence-corrected chi connectivity index (χ4v) is 9.69. The number of aromatic nitrogens is 6. The van der Waals surface area contributed by atoms with Crippen molar-refractivity contribution in [2.75, 3.05) is 27.4 Å². The molecule has 0 fully saturated rings. The maximum atomic E-state index is 12.7. The fourth-order valence-electron chi connectivity index (χ4n) is 6.13. The van der Waals surface area contributed by atoms with Gasteiger partial charge in [0.25, 0.3) is 50.6 Å². The molecular formula is C34H25Cl2N15O16S6. The largest absolute Gasteiger partial charge is 0.505 e. The van der Waals surface area contributed by atoms with Crippen molar-refractivity contribution >= 4 is 166 Å². The second-order valence-electron chi connectivity index (χ2n) is 14.0. The van der Waals surface area contributed by atoms with Gasteiger partial charge in [0.2, 0.25) is 34.4 Å². The molecule has 7 aromatic rings. The number of nitrogens with two attached hydrogens (primary N) is 2. The van der Waals surface area contributed by atoms with Gasteiger partial charge < -0.3 is 32.5 Å². The summed E-state index contributed by atoms with van der Waals surface area (Å²) < 4.78 is 173. The molecule has 5 aromatic carbocycles. The van der Waals surface area contributed by atoms with Crippen molar-refractivity contribution in [2.24, 2.45) is 20.5 Å². The Balaban J connectivity index is 1.30. The lowest BCUT2D eigenvalue weighted by molar-refractivity contribution is 0.472. The van der Waals surface area contributed by atoms with E-state index in [4.69, 9.17) is 34.7 Å². The summed E-state index contributed by atoms with van der Waals surface area (Å²) in [5.74, 6) is -2.05. The number of halogens is 2. The minimum absolute atomic E-state index is 0.0164. The van der Waals surface area contributed by atoms with E-state index in [1.807, 2.05) is 0 Å². The van der Waals surface area contributed by atoms with Crippen molar-refractivity contribution in [1.82, 2.24) is 29.9 Å². The smallest absolute Gasteiger partial charge is 0.296 e. The second-order valence-corrected chi connectivity index (χ2v) is 22.2. The van der Waals surface area contributed by atoms with Crippen LogP contribution in [0.4, 0.5) is 69.3 Å². The number of nitrogens with zero attached hydrogens (tertiary/aromatic N) is 10. The van der Waals surface area contributed by atoms with E-state index >= 15 is 0 Å². The van der Waals surface area contributed by atoms with Crippen LogP contribution in [0, 0.1) is 0 Å². The summed E-state index contributed by atoms with van der Waals surface area (Å²) in [4.78, 5) is 18.3.